The van der Waals surface area contributed by atoms with E-state index in [1.807, 2.05) is 0 Å². The van der Waals surface area contributed by atoms with Crippen LogP contribution >= 0.6 is 0 Å². The van der Waals surface area contributed by atoms with Crippen molar-refractivity contribution >= 4 is 23.5 Å². The second kappa shape index (κ2) is 14.0. The molecule has 224 valence electrons. The van der Waals surface area contributed by atoms with Crippen LogP contribution in [0.4, 0.5) is 26.3 Å². The largest absolute Gasteiger partial charge is 0.497 e. The van der Waals surface area contributed by atoms with Crippen molar-refractivity contribution in [2.24, 2.45) is 5.92 Å². The lowest BCUT2D eigenvalue weighted by Gasteiger charge is -2.27. The van der Waals surface area contributed by atoms with Crippen LogP contribution in [0.25, 0.3) is 0 Å². The molecule has 3 N–H and O–H groups in total. The number of amides is 3. The Morgan fingerprint density at radius 3 is 2.10 bits per heavy atom. The molecule has 0 aliphatic carbocycles. The summed E-state index contributed by atoms with van der Waals surface area (Å²) >= 11 is 0. The van der Waals surface area contributed by atoms with Crippen molar-refractivity contribution in [3.05, 3.63) is 65.5 Å². The summed E-state index contributed by atoms with van der Waals surface area (Å²) in [7, 11) is 1.39. The standard InChI is InChI=1S/C27H29F6N3O5/c1-15(2)21(23(38)27(32,33)25(40)34-14-26(29,30)31)36-24(39)22(17-8-10-19(41-3)11-9-17)35-20(37)12-7-16-5-4-6-18(28)13-16/h4-6,8-11,13,15,21-22H,7,12,14H2,1-3H3,(H,34,40)(H,35,37)(H,36,39)/t21-,22?/m0/s1. The van der Waals surface area contributed by atoms with E-state index >= 15 is 0 Å². The Morgan fingerprint density at radius 2 is 1.56 bits per heavy atom. The molecular formula is C27H29F6N3O5. The molecule has 8 nitrogen and oxygen atoms in total. The van der Waals surface area contributed by atoms with Crippen LogP contribution in [0.5, 0.6) is 5.75 Å². The van der Waals surface area contributed by atoms with Crippen LogP contribution in [0.1, 0.15) is 37.4 Å². The Morgan fingerprint density at radius 1 is 0.927 bits per heavy atom. The zero-order valence-corrected chi connectivity index (χ0v) is 22.3. The molecule has 2 rings (SSSR count). The first-order valence-electron chi connectivity index (χ1n) is 12.3. The number of methoxy groups -OCH3 is 1. The summed E-state index contributed by atoms with van der Waals surface area (Å²) in [5.74, 6) is -12.4. The van der Waals surface area contributed by atoms with Gasteiger partial charge in [0.05, 0.1) is 13.2 Å². The molecular weight excluding hydrogens is 560 g/mol. The second-order valence-corrected chi connectivity index (χ2v) is 9.37. The van der Waals surface area contributed by atoms with Gasteiger partial charge in [0, 0.05) is 6.42 Å². The van der Waals surface area contributed by atoms with Crippen molar-refractivity contribution in [2.75, 3.05) is 13.7 Å². The molecule has 0 spiro atoms. The third-order valence-electron chi connectivity index (χ3n) is 5.84. The van der Waals surface area contributed by atoms with Crippen LogP contribution in [0.15, 0.2) is 48.5 Å². The molecule has 0 bridgehead atoms. The number of hydrogen-bond acceptors (Lipinski definition) is 5. The SMILES string of the molecule is COc1ccc(C(NC(=O)CCc2cccc(F)c2)C(=O)N[C@H](C(=O)C(F)(F)C(=O)NCC(F)(F)F)C(C)C)cc1. The van der Waals surface area contributed by atoms with E-state index in [0.29, 0.717) is 11.3 Å². The predicted molar refractivity (Wildman–Crippen MR) is 134 cm³/mol. The van der Waals surface area contributed by atoms with E-state index in [1.54, 1.807) is 6.07 Å². The van der Waals surface area contributed by atoms with Crippen LogP contribution in [0, 0.1) is 11.7 Å². The van der Waals surface area contributed by atoms with Gasteiger partial charge in [0.25, 0.3) is 5.91 Å². The number of ketones is 1. The lowest BCUT2D eigenvalue weighted by molar-refractivity contribution is -0.165. The van der Waals surface area contributed by atoms with Crippen LogP contribution < -0.4 is 20.7 Å². The number of hydrogen-bond donors (Lipinski definition) is 3. The van der Waals surface area contributed by atoms with Gasteiger partial charge in [-0.15, -0.1) is 0 Å². The van der Waals surface area contributed by atoms with Crippen molar-refractivity contribution in [2.45, 2.75) is 50.9 Å². The summed E-state index contributed by atoms with van der Waals surface area (Å²) in [6.45, 7) is 0.452. The maximum atomic E-state index is 14.6. The van der Waals surface area contributed by atoms with Gasteiger partial charge in [-0.05, 0) is 47.7 Å². The van der Waals surface area contributed by atoms with Gasteiger partial charge in [0.15, 0.2) is 0 Å². The summed E-state index contributed by atoms with van der Waals surface area (Å²) in [6.07, 6.45) is -5.08. The van der Waals surface area contributed by atoms with E-state index in [-0.39, 0.29) is 18.4 Å². The Balaban J connectivity index is 2.26. The van der Waals surface area contributed by atoms with Gasteiger partial charge in [-0.1, -0.05) is 38.1 Å². The highest BCUT2D eigenvalue weighted by Crippen LogP contribution is 2.24. The number of aryl methyl sites for hydroxylation is 1. The number of benzene rings is 2. The molecule has 0 radical (unpaired) electrons. The zero-order chi connectivity index (χ0) is 31.0. The number of halogens is 6. The number of ether oxygens (including phenoxy) is 1. The van der Waals surface area contributed by atoms with Gasteiger partial charge < -0.3 is 20.7 Å². The number of rotatable bonds is 13. The molecule has 3 amide bonds. The molecule has 1 unspecified atom stereocenters. The minimum Gasteiger partial charge on any atom is -0.497 e. The van der Waals surface area contributed by atoms with Crippen molar-refractivity contribution < 1.29 is 50.3 Å². The lowest BCUT2D eigenvalue weighted by Crippen LogP contribution is -2.58. The average Bonchev–Trinajstić information content (AvgIpc) is 2.91. The van der Waals surface area contributed by atoms with Crippen LogP contribution in [0.3, 0.4) is 0 Å². The van der Waals surface area contributed by atoms with Gasteiger partial charge in [-0.3, -0.25) is 19.2 Å². The molecule has 2 atom stereocenters. The first kappa shape index (κ1) is 33.1. The smallest absolute Gasteiger partial charge is 0.405 e. The molecule has 0 saturated heterocycles. The normalized spacial score (nSPS) is 13.2. The fourth-order valence-corrected chi connectivity index (χ4v) is 3.65. The summed E-state index contributed by atoms with van der Waals surface area (Å²) in [5, 5.41) is 5.51. The van der Waals surface area contributed by atoms with Crippen molar-refractivity contribution in [1.82, 2.24) is 16.0 Å². The van der Waals surface area contributed by atoms with Crippen LogP contribution in [-0.4, -0.2) is 55.3 Å². The van der Waals surface area contributed by atoms with Crippen LogP contribution in [-0.2, 0) is 25.6 Å². The zero-order valence-electron chi connectivity index (χ0n) is 22.3. The van der Waals surface area contributed by atoms with Gasteiger partial charge >= 0.3 is 12.1 Å². The van der Waals surface area contributed by atoms with Crippen molar-refractivity contribution in [3.8, 4) is 5.75 Å². The third-order valence-corrected chi connectivity index (χ3v) is 5.84. The highest BCUT2D eigenvalue weighted by molar-refractivity contribution is 6.10. The second-order valence-electron chi connectivity index (χ2n) is 9.37. The molecule has 0 fully saturated rings. The van der Waals surface area contributed by atoms with Gasteiger partial charge in [0.2, 0.25) is 17.6 Å². The molecule has 0 aliphatic rings. The molecule has 41 heavy (non-hydrogen) atoms. The first-order chi connectivity index (χ1) is 19.0. The molecule has 2 aromatic carbocycles. The molecule has 14 heteroatoms. The van der Waals surface area contributed by atoms with E-state index < -0.39 is 66.0 Å². The van der Waals surface area contributed by atoms with Gasteiger partial charge in [-0.2, -0.15) is 22.0 Å². The topological polar surface area (TPSA) is 114 Å². The molecule has 0 heterocycles. The predicted octanol–water partition coefficient (Wildman–Crippen LogP) is 3.65. The average molecular weight is 590 g/mol. The Bertz CT molecular complexity index is 1230. The van der Waals surface area contributed by atoms with Crippen molar-refractivity contribution in [1.29, 1.82) is 0 Å². The van der Waals surface area contributed by atoms with E-state index in [9.17, 15) is 45.5 Å². The fourth-order valence-electron chi connectivity index (χ4n) is 3.65. The number of carbonyl (C=O) groups is 4. The third kappa shape index (κ3) is 9.80. The quantitative estimate of drug-likeness (QED) is 0.244. The van der Waals surface area contributed by atoms with Gasteiger partial charge in [-0.25, -0.2) is 4.39 Å². The first-order valence-corrected chi connectivity index (χ1v) is 12.3. The molecule has 0 saturated carbocycles. The Labute approximate surface area is 231 Å². The maximum absolute atomic E-state index is 14.6. The van der Waals surface area contributed by atoms with E-state index in [1.165, 1.54) is 63.4 Å². The summed E-state index contributed by atoms with van der Waals surface area (Å²) in [5.41, 5.74) is 0.675. The highest BCUT2D eigenvalue weighted by Gasteiger charge is 2.52. The lowest BCUT2D eigenvalue weighted by atomic mass is 9.94. The molecule has 0 aromatic heterocycles. The number of carbonyl (C=O) groups excluding carboxylic acids is 4. The molecule has 0 aliphatic heterocycles. The van der Waals surface area contributed by atoms with E-state index in [4.69, 9.17) is 4.74 Å². The number of alkyl halides is 5. The van der Waals surface area contributed by atoms with E-state index in [2.05, 4.69) is 10.6 Å². The minimum atomic E-state index is -5.00. The highest BCUT2D eigenvalue weighted by atomic mass is 19.4. The fraction of sp³-hybridized carbons (Fsp3) is 0.407. The Kier molecular flexibility index (Phi) is 11.3. The molecule has 2 aromatic rings. The maximum Gasteiger partial charge on any atom is 0.405 e. The summed E-state index contributed by atoms with van der Waals surface area (Å²) in [6, 6.07) is 7.70. The summed E-state index contributed by atoms with van der Waals surface area (Å²) < 4.78 is 84.8. The van der Waals surface area contributed by atoms with Gasteiger partial charge in [0.1, 0.15) is 24.2 Å². The van der Waals surface area contributed by atoms with Crippen molar-refractivity contribution in [3.63, 3.8) is 0 Å². The summed E-state index contributed by atoms with van der Waals surface area (Å²) in [4.78, 5) is 50.4. The minimum absolute atomic E-state index is 0.104. The number of Topliss-reactive ketones (excluding diaryl/α,β-unsaturated/α-hetero) is 1. The Hall–Kier alpha value is -4.10. The number of nitrogens with one attached hydrogen (secondary N) is 3. The van der Waals surface area contributed by atoms with E-state index in [0.717, 1.165) is 5.32 Å². The van der Waals surface area contributed by atoms with Crippen LogP contribution in [0.2, 0.25) is 0 Å². The monoisotopic (exact) mass is 589 g/mol.